The van der Waals surface area contributed by atoms with Crippen LogP contribution in [-0.4, -0.2) is 49.8 Å². The Kier molecular flexibility index (Phi) is 7.87. The predicted molar refractivity (Wildman–Crippen MR) is 78.1 cm³/mol. The molecule has 0 amide bonds. The number of hydrogen-bond acceptors (Lipinski definition) is 3. The monoisotopic (exact) mass is 256 g/mol. The molecular weight excluding hydrogens is 224 g/mol. The molecule has 18 heavy (non-hydrogen) atoms. The maximum atomic E-state index is 5.49. The molecule has 1 N–H and O–H groups in total. The molecule has 3 heteroatoms. The van der Waals surface area contributed by atoms with Crippen molar-refractivity contribution in [1.29, 1.82) is 0 Å². The zero-order chi connectivity index (χ0) is 13.4. The minimum absolute atomic E-state index is 0.451. The van der Waals surface area contributed by atoms with Crippen LogP contribution in [0.4, 0.5) is 0 Å². The molecule has 0 saturated carbocycles. The molecule has 3 nitrogen and oxygen atoms in total. The molecule has 0 aliphatic carbocycles. The van der Waals surface area contributed by atoms with Crippen molar-refractivity contribution in [3.63, 3.8) is 0 Å². The van der Waals surface area contributed by atoms with Gasteiger partial charge in [0, 0.05) is 32.3 Å². The first kappa shape index (κ1) is 15.9. The normalized spacial score (nSPS) is 24.3. The number of rotatable bonds is 9. The summed E-state index contributed by atoms with van der Waals surface area (Å²) in [5.74, 6) is 0. The Morgan fingerprint density at radius 3 is 2.56 bits per heavy atom. The Morgan fingerprint density at radius 2 is 2.06 bits per heavy atom. The molecule has 1 fully saturated rings. The Hall–Kier alpha value is -0.120. The SMILES string of the molecule is CCCNC(CCC)C(CC)N1CCC(OC)C1. The quantitative estimate of drug-likeness (QED) is 0.686. The van der Waals surface area contributed by atoms with E-state index in [4.69, 9.17) is 4.74 Å². The van der Waals surface area contributed by atoms with Crippen LogP contribution in [0.3, 0.4) is 0 Å². The molecule has 1 rings (SSSR count). The van der Waals surface area contributed by atoms with Gasteiger partial charge in [-0.15, -0.1) is 0 Å². The first-order chi connectivity index (χ1) is 8.76. The number of nitrogens with zero attached hydrogens (tertiary/aromatic N) is 1. The van der Waals surface area contributed by atoms with Crippen LogP contribution in [0.5, 0.6) is 0 Å². The van der Waals surface area contributed by atoms with Gasteiger partial charge in [-0.2, -0.15) is 0 Å². The van der Waals surface area contributed by atoms with E-state index in [9.17, 15) is 0 Å². The van der Waals surface area contributed by atoms with Crippen molar-refractivity contribution in [3.8, 4) is 0 Å². The van der Waals surface area contributed by atoms with Crippen LogP contribution in [0.1, 0.15) is 52.9 Å². The summed E-state index contributed by atoms with van der Waals surface area (Å²) in [7, 11) is 1.84. The van der Waals surface area contributed by atoms with E-state index >= 15 is 0 Å². The van der Waals surface area contributed by atoms with E-state index in [0.29, 0.717) is 18.2 Å². The fraction of sp³-hybridized carbons (Fsp3) is 1.00. The third-order valence-electron chi connectivity index (χ3n) is 4.12. The Balaban J connectivity index is 2.54. The number of hydrogen-bond donors (Lipinski definition) is 1. The first-order valence-corrected chi connectivity index (χ1v) is 7.76. The van der Waals surface area contributed by atoms with Crippen LogP contribution >= 0.6 is 0 Å². The summed E-state index contributed by atoms with van der Waals surface area (Å²) in [6.45, 7) is 10.3. The van der Waals surface area contributed by atoms with Gasteiger partial charge >= 0.3 is 0 Å². The lowest BCUT2D eigenvalue weighted by Crippen LogP contribution is -2.49. The Morgan fingerprint density at radius 1 is 1.28 bits per heavy atom. The molecule has 3 atom stereocenters. The van der Waals surface area contributed by atoms with Gasteiger partial charge in [0.05, 0.1) is 6.10 Å². The van der Waals surface area contributed by atoms with Crippen molar-refractivity contribution in [2.24, 2.45) is 0 Å². The highest BCUT2D eigenvalue weighted by Gasteiger charge is 2.31. The average molecular weight is 256 g/mol. The highest BCUT2D eigenvalue weighted by Crippen LogP contribution is 2.21. The molecule has 0 radical (unpaired) electrons. The standard InChI is InChI=1S/C15H32N2O/c1-5-8-14(16-10-6-2)15(7-3)17-11-9-13(12-17)18-4/h13-16H,5-12H2,1-4H3. The van der Waals surface area contributed by atoms with E-state index in [1.807, 2.05) is 7.11 Å². The van der Waals surface area contributed by atoms with Crippen molar-refractivity contribution >= 4 is 0 Å². The maximum absolute atomic E-state index is 5.49. The maximum Gasteiger partial charge on any atom is 0.0710 e. The molecule has 3 unspecified atom stereocenters. The number of nitrogens with one attached hydrogen (secondary N) is 1. The van der Waals surface area contributed by atoms with Gasteiger partial charge in [-0.25, -0.2) is 0 Å². The van der Waals surface area contributed by atoms with E-state index in [-0.39, 0.29) is 0 Å². The van der Waals surface area contributed by atoms with Crippen LogP contribution in [0, 0.1) is 0 Å². The zero-order valence-corrected chi connectivity index (χ0v) is 12.7. The molecule has 108 valence electrons. The molecular formula is C15H32N2O. The zero-order valence-electron chi connectivity index (χ0n) is 12.7. The molecule has 0 aromatic rings. The summed E-state index contributed by atoms with van der Waals surface area (Å²) in [4.78, 5) is 2.64. The molecule has 1 aliphatic rings. The van der Waals surface area contributed by atoms with Crippen molar-refractivity contribution in [2.75, 3.05) is 26.7 Å². The van der Waals surface area contributed by atoms with Crippen molar-refractivity contribution in [2.45, 2.75) is 71.1 Å². The molecule has 0 aromatic heterocycles. The summed E-state index contributed by atoms with van der Waals surface area (Å²) in [5.41, 5.74) is 0. The lowest BCUT2D eigenvalue weighted by molar-refractivity contribution is 0.0934. The van der Waals surface area contributed by atoms with E-state index in [1.165, 1.54) is 38.6 Å². The summed E-state index contributed by atoms with van der Waals surface area (Å²) < 4.78 is 5.49. The number of methoxy groups -OCH3 is 1. The van der Waals surface area contributed by atoms with Crippen LogP contribution in [0.2, 0.25) is 0 Å². The molecule has 0 spiro atoms. The third-order valence-corrected chi connectivity index (χ3v) is 4.12. The van der Waals surface area contributed by atoms with Gasteiger partial charge in [-0.1, -0.05) is 27.2 Å². The van der Waals surface area contributed by atoms with Crippen LogP contribution in [-0.2, 0) is 4.74 Å². The van der Waals surface area contributed by atoms with Gasteiger partial charge in [-0.3, -0.25) is 4.90 Å². The number of ether oxygens (including phenoxy) is 1. The smallest absolute Gasteiger partial charge is 0.0710 e. The van der Waals surface area contributed by atoms with E-state index in [0.717, 1.165) is 13.1 Å². The van der Waals surface area contributed by atoms with Gasteiger partial charge in [0.2, 0.25) is 0 Å². The molecule has 0 aromatic carbocycles. The highest BCUT2D eigenvalue weighted by atomic mass is 16.5. The second-order valence-corrected chi connectivity index (χ2v) is 5.47. The fourth-order valence-electron chi connectivity index (χ4n) is 3.12. The second-order valence-electron chi connectivity index (χ2n) is 5.47. The number of likely N-dealkylation sites (tertiary alicyclic amines) is 1. The Labute approximate surface area is 113 Å². The predicted octanol–water partition coefficient (Wildman–Crippen LogP) is 2.65. The topological polar surface area (TPSA) is 24.5 Å². The summed E-state index contributed by atoms with van der Waals surface area (Å²) >= 11 is 0. The molecule has 0 bridgehead atoms. The average Bonchev–Trinajstić information content (AvgIpc) is 2.85. The van der Waals surface area contributed by atoms with Crippen LogP contribution in [0.25, 0.3) is 0 Å². The van der Waals surface area contributed by atoms with E-state index in [1.54, 1.807) is 0 Å². The first-order valence-electron chi connectivity index (χ1n) is 7.76. The van der Waals surface area contributed by atoms with Gasteiger partial charge in [0.15, 0.2) is 0 Å². The second kappa shape index (κ2) is 8.89. The lowest BCUT2D eigenvalue weighted by atomic mass is 9.99. The van der Waals surface area contributed by atoms with Gasteiger partial charge in [0.1, 0.15) is 0 Å². The molecule has 1 heterocycles. The summed E-state index contributed by atoms with van der Waals surface area (Å²) in [6.07, 6.45) is 6.65. The van der Waals surface area contributed by atoms with Gasteiger partial charge in [0.25, 0.3) is 0 Å². The van der Waals surface area contributed by atoms with E-state index < -0.39 is 0 Å². The van der Waals surface area contributed by atoms with Crippen molar-refractivity contribution < 1.29 is 4.74 Å². The molecule has 1 aliphatic heterocycles. The van der Waals surface area contributed by atoms with Crippen LogP contribution < -0.4 is 5.32 Å². The van der Waals surface area contributed by atoms with Gasteiger partial charge in [-0.05, 0) is 32.2 Å². The van der Waals surface area contributed by atoms with Crippen LogP contribution in [0.15, 0.2) is 0 Å². The lowest BCUT2D eigenvalue weighted by Gasteiger charge is -2.34. The fourth-order valence-corrected chi connectivity index (χ4v) is 3.12. The van der Waals surface area contributed by atoms with E-state index in [2.05, 4.69) is 31.0 Å². The van der Waals surface area contributed by atoms with Crippen molar-refractivity contribution in [1.82, 2.24) is 10.2 Å². The highest BCUT2D eigenvalue weighted by molar-refractivity contribution is 4.88. The summed E-state index contributed by atoms with van der Waals surface area (Å²) in [5, 5.41) is 3.75. The Bertz CT molecular complexity index is 211. The minimum Gasteiger partial charge on any atom is -0.380 e. The molecule has 1 saturated heterocycles. The summed E-state index contributed by atoms with van der Waals surface area (Å²) in [6, 6.07) is 1.33. The van der Waals surface area contributed by atoms with Gasteiger partial charge < -0.3 is 10.1 Å². The minimum atomic E-state index is 0.451. The van der Waals surface area contributed by atoms with Crippen molar-refractivity contribution in [3.05, 3.63) is 0 Å². The third kappa shape index (κ3) is 4.52. The largest absolute Gasteiger partial charge is 0.380 e.